The molecule has 134 valence electrons. The van der Waals surface area contributed by atoms with Gasteiger partial charge in [0.25, 0.3) is 0 Å². The van der Waals surface area contributed by atoms with Crippen molar-refractivity contribution in [1.82, 2.24) is 15.5 Å². The van der Waals surface area contributed by atoms with Gasteiger partial charge in [-0.05, 0) is 37.5 Å². The molecule has 1 saturated heterocycles. The fraction of sp³-hybridized carbons (Fsp3) is 0.875. The summed E-state index contributed by atoms with van der Waals surface area (Å²) >= 11 is 0. The molecule has 6 nitrogen and oxygen atoms in total. The number of hydrogen-bond acceptors (Lipinski definition) is 3. The predicted molar refractivity (Wildman–Crippen MR) is 93.5 cm³/mol. The van der Waals surface area contributed by atoms with E-state index >= 15 is 0 Å². The molecular weight excluding hydrogens is 316 g/mol. The number of likely N-dealkylation sites (tertiary alicyclic amines) is 1. The topological polar surface area (TPSA) is 87.5 Å². The van der Waals surface area contributed by atoms with Gasteiger partial charge in [0, 0.05) is 32.2 Å². The first-order valence-corrected chi connectivity index (χ1v) is 8.54. The summed E-state index contributed by atoms with van der Waals surface area (Å²) in [5.41, 5.74) is 5.75. The van der Waals surface area contributed by atoms with Gasteiger partial charge in [0.15, 0.2) is 0 Å². The van der Waals surface area contributed by atoms with Crippen LogP contribution in [0, 0.1) is 17.8 Å². The molecule has 2 rings (SSSR count). The van der Waals surface area contributed by atoms with Gasteiger partial charge in [-0.3, -0.25) is 4.79 Å². The molecule has 1 aliphatic carbocycles. The summed E-state index contributed by atoms with van der Waals surface area (Å²) < 4.78 is 0. The zero-order chi connectivity index (χ0) is 16.1. The van der Waals surface area contributed by atoms with Crippen molar-refractivity contribution in [3.05, 3.63) is 0 Å². The number of hydrogen-bond donors (Lipinski definition) is 3. The van der Waals surface area contributed by atoms with Crippen LogP contribution in [0.1, 0.15) is 39.5 Å². The van der Waals surface area contributed by atoms with E-state index in [4.69, 9.17) is 5.73 Å². The summed E-state index contributed by atoms with van der Waals surface area (Å²) in [6.07, 6.45) is 4.05. The minimum absolute atomic E-state index is 0. The van der Waals surface area contributed by atoms with E-state index in [1.165, 1.54) is 0 Å². The first-order chi connectivity index (χ1) is 10.5. The molecule has 23 heavy (non-hydrogen) atoms. The van der Waals surface area contributed by atoms with Gasteiger partial charge in [-0.2, -0.15) is 0 Å². The molecule has 0 aromatic heterocycles. The maximum absolute atomic E-state index is 12.4. The lowest BCUT2D eigenvalue weighted by atomic mass is 9.96. The molecule has 0 aromatic carbocycles. The molecule has 2 aliphatic rings. The van der Waals surface area contributed by atoms with E-state index in [1.54, 1.807) is 4.90 Å². The average Bonchev–Trinajstić information content (AvgIpc) is 3.34. The highest BCUT2D eigenvalue weighted by molar-refractivity contribution is 5.85. The number of carbonyl (C=O) groups is 2. The summed E-state index contributed by atoms with van der Waals surface area (Å²) in [4.78, 5) is 26.3. The van der Waals surface area contributed by atoms with Crippen LogP contribution in [-0.2, 0) is 4.79 Å². The zero-order valence-electron chi connectivity index (χ0n) is 14.2. The molecule has 1 saturated carbocycles. The third-order valence-corrected chi connectivity index (χ3v) is 4.51. The maximum atomic E-state index is 12.4. The quantitative estimate of drug-likeness (QED) is 0.678. The average molecular weight is 347 g/mol. The van der Waals surface area contributed by atoms with Crippen LogP contribution >= 0.6 is 12.4 Å². The van der Waals surface area contributed by atoms with Gasteiger partial charge in [0.2, 0.25) is 5.91 Å². The van der Waals surface area contributed by atoms with Crippen LogP contribution < -0.4 is 16.4 Å². The van der Waals surface area contributed by atoms with Crippen LogP contribution in [0.4, 0.5) is 4.79 Å². The Hall–Kier alpha value is -1.01. The third kappa shape index (κ3) is 6.18. The van der Waals surface area contributed by atoms with Crippen LogP contribution in [0.2, 0.25) is 0 Å². The van der Waals surface area contributed by atoms with Gasteiger partial charge in [-0.1, -0.05) is 13.8 Å². The van der Waals surface area contributed by atoms with Crippen molar-refractivity contribution in [2.24, 2.45) is 23.5 Å². The highest BCUT2D eigenvalue weighted by Crippen LogP contribution is 2.32. The van der Waals surface area contributed by atoms with E-state index in [-0.39, 0.29) is 36.3 Å². The van der Waals surface area contributed by atoms with Crippen LogP contribution in [-0.4, -0.2) is 49.1 Å². The fourth-order valence-electron chi connectivity index (χ4n) is 2.95. The standard InChI is InChI=1S/C16H30N4O2.ClH/c1-11(2)9-18-16(22)20-7-3-4-13(10-20)15(21)19-14(8-17)12-5-6-12;/h11-14H,3-10,17H2,1-2H3,(H,18,22)(H,19,21);1H. The minimum Gasteiger partial charge on any atom is -0.352 e. The van der Waals surface area contributed by atoms with Gasteiger partial charge >= 0.3 is 6.03 Å². The Bertz CT molecular complexity index is 402. The largest absolute Gasteiger partial charge is 0.352 e. The van der Waals surface area contributed by atoms with E-state index < -0.39 is 0 Å². The highest BCUT2D eigenvalue weighted by Gasteiger charge is 2.34. The number of nitrogens with zero attached hydrogens (tertiary/aromatic N) is 1. The van der Waals surface area contributed by atoms with Gasteiger partial charge in [0.1, 0.15) is 0 Å². The Morgan fingerprint density at radius 2 is 1.96 bits per heavy atom. The van der Waals surface area contributed by atoms with Crippen molar-refractivity contribution < 1.29 is 9.59 Å². The van der Waals surface area contributed by atoms with Crippen molar-refractivity contribution in [2.75, 3.05) is 26.2 Å². The maximum Gasteiger partial charge on any atom is 0.317 e. The molecular formula is C16H31ClN4O2. The molecule has 0 spiro atoms. The second-order valence-electron chi connectivity index (χ2n) is 7.05. The number of nitrogens with one attached hydrogen (secondary N) is 2. The number of rotatable bonds is 6. The van der Waals surface area contributed by atoms with Crippen LogP contribution in [0.3, 0.4) is 0 Å². The Balaban J connectivity index is 0.00000264. The van der Waals surface area contributed by atoms with E-state index in [9.17, 15) is 9.59 Å². The van der Waals surface area contributed by atoms with Gasteiger partial charge in [-0.15, -0.1) is 12.4 Å². The summed E-state index contributed by atoms with van der Waals surface area (Å²) in [5.74, 6) is 0.940. The van der Waals surface area contributed by atoms with E-state index in [1.807, 2.05) is 0 Å². The number of nitrogens with two attached hydrogens (primary N) is 1. The first-order valence-electron chi connectivity index (χ1n) is 8.54. The molecule has 3 amide bonds. The molecule has 7 heteroatoms. The van der Waals surface area contributed by atoms with Crippen LogP contribution in [0.5, 0.6) is 0 Å². The second-order valence-corrected chi connectivity index (χ2v) is 7.05. The minimum atomic E-state index is -0.105. The van der Waals surface area contributed by atoms with Gasteiger partial charge in [0.05, 0.1) is 5.92 Å². The number of urea groups is 1. The van der Waals surface area contributed by atoms with Crippen LogP contribution in [0.25, 0.3) is 0 Å². The number of halogens is 1. The molecule has 2 atom stereocenters. The first kappa shape index (κ1) is 20.0. The molecule has 2 unspecified atom stereocenters. The molecule has 2 fully saturated rings. The lowest BCUT2D eigenvalue weighted by Gasteiger charge is -2.33. The zero-order valence-corrected chi connectivity index (χ0v) is 15.0. The van der Waals surface area contributed by atoms with Crippen molar-refractivity contribution >= 4 is 24.3 Å². The number of piperidine rings is 1. The monoisotopic (exact) mass is 346 g/mol. The summed E-state index contributed by atoms with van der Waals surface area (Å²) in [5, 5.41) is 6.01. The molecule has 0 aromatic rings. The second kappa shape index (κ2) is 9.33. The van der Waals surface area contributed by atoms with E-state index in [2.05, 4.69) is 24.5 Å². The smallest absolute Gasteiger partial charge is 0.317 e. The van der Waals surface area contributed by atoms with E-state index in [0.717, 1.165) is 32.2 Å². The van der Waals surface area contributed by atoms with Crippen molar-refractivity contribution in [3.8, 4) is 0 Å². The Morgan fingerprint density at radius 3 is 2.52 bits per heavy atom. The number of carbonyl (C=O) groups excluding carboxylic acids is 2. The van der Waals surface area contributed by atoms with Crippen molar-refractivity contribution in [1.29, 1.82) is 0 Å². The summed E-state index contributed by atoms with van der Waals surface area (Å²) in [6, 6.07) is 0.0569. The van der Waals surface area contributed by atoms with Crippen molar-refractivity contribution in [2.45, 2.75) is 45.6 Å². The summed E-state index contributed by atoms with van der Waals surface area (Å²) in [7, 11) is 0. The normalized spacial score (nSPS) is 22.3. The third-order valence-electron chi connectivity index (χ3n) is 4.51. The molecule has 0 radical (unpaired) electrons. The summed E-state index contributed by atoms with van der Waals surface area (Å²) in [6.45, 7) is 6.55. The predicted octanol–water partition coefficient (Wildman–Crippen LogP) is 1.34. The SMILES string of the molecule is CC(C)CNC(=O)N1CCCC(C(=O)NC(CN)C2CC2)C1.Cl. The van der Waals surface area contributed by atoms with Crippen LogP contribution in [0.15, 0.2) is 0 Å². The molecule has 1 heterocycles. The van der Waals surface area contributed by atoms with Crippen molar-refractivity contribution in [3.63, 3.8) is 0 Å². The Morgan fingerprint density at radius 1 is 1.26 bits per heavy atom. The fourth-order valence-corrected chi connectivity index (χ4v) is 2.95. The molecule has 1 aliphatic heterocycles. The molecule has 0 bridgehead atoms. The highest BCUT2D eigenvalue weighted by atomic mass is 35.5. The van der Waals surface area contributed by atoms with E-state index in [0.29, 0.717) is 31.5 Å². The lowest BCUT2D eigenvalue weighted by Crippen LogP contribution is -2.51. The Kier molecular flexibility index (Phi) is 8.12. The number of amides is 3. The van der Waals surface area contributed by atoms with Gasteiger partial charge in [-0.25, -0.2) is 4.79 Å². The Labute approximate surface area is 145 Å². The van der Waals surface area contributed by atoms with Gasteiger partial charge < -0.3 is 21.3 Å². The molecule has 4 N–H and O–H groups in total. The lowest BCUT2D eigenvalue weighted by molar-refractivity contribution is -0.127.